The average Bonchev–Trinajstić information content (AvgIpc) is 3.43. The highest BCUT2D eigenvalue weighted by Gasteiger charge is 2.58. The van der Waals surface area contributed by atoms with E-state index >= 15 is 0 Å². The molecule has 3 unspecified atom stereocenters. The molecule has 37 heavy (non-hydrogen) atoms. The highest BCUT2D eigenvalue weighted by atomic mass is 79.9. The minimum atomic E-state index is -0.521. The molecule has 8 heteroatoms. The number of piperidine rings is 1. The molecule has 2 fully saturated rings. The summed E-state index contributed by atoms with van der Waals surface area (Å²) in [6.45, 7) is 7.78. The number of benzene rings is 2. The van der Waals surface area contributed by atoms with Gasteiger partial charge in [0, 0.05) is 32.9 Å². The summed E-state index contributed by atoms with van der Waals surface area (Å²) in [5.41, 5.74) is 4.77. The van der Waals surface area contributed by atoms with E-state index in [0.717, 1.165) is 56.9 Å². The fraction of sp³-hybridized carbons (Fsp3) is 0.379. The summed E-state index contributed by atoms with van der Waals surface area (Å²) in [7, 11) is 0. The van der Waals surface area contributed by atoms with Crippen LogP contribution in [0.5, 0.6) is 5.75 Å². The fourth-order valence-electron chi connectivity index (χ4n) is 6.11. The molecule has 1 saturated carbocycles. The number of carbonyl (C=O) groups excluding carboxylic acids is 1. The van der Waals surface area contributed by atoms with Crippen LogP contribution in [-0.4, -0.2) is 37.2 Å². The second-order valence-corrected chi connectivity index (χ2v) is 12.3. The number of ether oxygens (including phenoxy) is 2. The Labute approximate surface area is 223 Å². The monoisotopic (exact) mass is 560 g/mol. The molecule has 7 rings (SSSR count). The van der Waals surface area contributed by atoms with Crippen molar-refractivity contribution in [3.8, 4) is 28.3 Å². The number of hydrogen-bond acceptors (Lipinski definition) is 4. The molecule has 2 aromatic heterocycles. The van der Waals surface area contributed by atoms with Gasteiger partial charge in [-0.3, -0.25) is 4.90 Å². The van der Waals surface area contributed by atoms with Gasteiger partial charge >= 0.3 is 6.09 Å². The molecule has 1 amide bonds. The quantitative estimate of drug-likeness (QED) is 0.276. The van der Waals surface area contributed by atoms with Crippen molar-refractivity contribution in [1.29, 1.82) is 0 Å². The van der Waals surface area contributed by atoms with Gasteiger partial charge in [-0.2, -0.15) is 0 Å². The van der Waals surface area contributed by atoms with Crippen LogP contribution in [0.1, 0.15) is 58.6 Å². The Morgan fingerprint density at radius 3 is 2.76 bits per heavy atom. The number of imidazole rings is 1. The molecule has 4 atom stereocenters. The smallest absolute Gasteiger partial charge is 0.411 e. The minimum absolute atomic E-state index is 0.0636. The van der Waals surface area contributed by atoms with Crippen molar-refractivity contribution in [3.05, 3.63) is 59.0 Å². The first kappa shape index (κ1) is 22.9. The van der Waals surface area contributed by atoms with E-state index in [2.05, 4.69) is 74.9 Å². The molecule has 1 aliphatic carbocycles. The Kier molecular flexibility index (Phi) is 4.87. The first-order chi connectivity index (χ1) is 17.7. The van der Waals surface area contributed by atoms with Crippen LogP contribution in [0.15, 0.2) is 53.1 Å². The zero-order valence-corrected chi connectivity index (χ0v) is 22.9. The van der Waals surface area contributed by atoms with Crippen molar-refractivity contribution < 1.29 is 14.3 Å². The molecule has 190 valence electrons. The van der Waals surface area contributed by atoms with Crippen LogP contribution in [0.2, 0.25) is 0 Å². The highest BCUT2D eigenvalue weighted by Crippen LogP contribution is 2.55. The average molecular weight is 561 g/mol. The van der Waals surface area contributed by atoms with Gasteiger partial charge in [0.05, 0.1) is 29.1 Å². The molecular formula is C29H29BrN4O3. The number of fused-ring (bicyclic) bond motifs is 6. The second kappa shape index (κ2) is 7.87. The number of amides is 1. The maximum atomic E-state index is 12.9. The third kappa shape index (κ3) is 3.52. The number of nitrogens with zero attached hydrogens (tertiary/aromatic N) is 3. The third-order valence-electron chi connectivity index (χ3n) is 7.86. The van der Waals surface area contributed by atoms with E-state index in [4.69, 9.17) is 14.5 Å². The van der Waals surface area contributed by atoms with E-state index in [-0.39, 0.29) is 24.4 Å². The van der Waals surface area contributed by atoms with Crippen LogP contribution in [0.4, 0.5) is 4.79 Å². The van der Waals surface area contributed by atoms with Crippen LogP contribution < -0.4 is 4.74 Å². The number of hydrogen-bond donors (Lipinski definition) is 1. The van der Waals surface area contributed by atoms with Gasteiger partial charge in [-0.15, -0.1) is 0 Å². The summed E-state index contributed by atoms with van der Waals surface area (Å²) in [5, 5.41) is 1.18. The molecule has 4 heterocycles. The summed E-state index contributed by atoms with van der Waals surface area (Å²) in [4.78, 5) is 23.0. The molecule has 4 aromatic rings. The number of aromatic amines is 1. The lowest BCUT2D eigenvalue weighted by atomic mass is 9.65. The summed E-state index contributed by atoms with van der Waals surface area (Å²) in [5.74, 6) is 2.12. The number of aromatic nitrogens is 3. The van der Waals surface area contributed by atoms with Gasteiger partial charge in [-0.25, -0.2) is 9.78 Å². The zero-order valence-electron chi connectivity index (χ0n) is 21.3. The van der Waals surface area contributed by atoms with Crippen LogP contribution in [-0.2, 0) is 4.74 Å². The van der Waals surface area contributed by atoms with Gasteiger partial charge in [0.25, 0.3) is 0 Å². The number of nitrogens with one attached hydrogen (secondary N) is 1. The largest absolute Gasteiger partial charge is 0.470 e. The van der Waals surface area contributed by atoms with E-state index in [1.165, 1.54) is 5.39 Å². The Morgan fingerprint density at radius 2 is 2.00 bits per heavy atom. The zero-order chi connectivity index (χ0) is 25.6. The predicted molar refractivity (Wildman–Crippen MR) is 145 cm³/mol. The second-order valence-electron chi connectivity index (χ2n) is 11.4. The Bertz CT molecular complexity index is 1570. The molecule has 0 bridgehead atoms. The predicted octanol–water partition coefficient (Wildman–Crippen LogP) is 7.44. The molecule has 1 N–H and O–H groups in total. The van der Waals surface area contributed by atoms with Crippen LogP contribution in [0.25, 0.3) is 33.4 Å². The molecule has 0 spiro atoms. The Hall–Kier alpha value is -3.26. The van der Waals surface area contributed by atoms with Crippen molar-refractivity contribution in [3.63, 3.8) is 0 Å². The molecule has 2 aliphatic heterocycles. The summed E-state index contributed by atoms with van der Waals surface area (Å²) in [6, 6.07) is 15.1. The van der Waals surface area contributed by atoms with E-state index in [1.807, 2.05) is 31.9 Å². The fourth-order valence-corrected chi connectivity index (χ4v) is 6.49. The van der Waals surface area contributed by atoms with Gasteiger partial charge < -0.3 is 19.0 Å². The summed E-state index contributed by atoms with van der Waals surface area (Å²) >= 11 is 3.59. The third-order valence-corrected chi connectivity index (χ3v) is 8.36. The maximum absolute atomic E-state index is 12.9. The van der Waals surface area contributed by atoms with Gasteiger partial charge in [0.2, 0.25) is 0 Å². The van der Waals surface area contributed by atoms with Crippen LogP contribution in [0.3, 0.4) is 0 Å². The lowest BCUT2D eigenvalue weighted by Crippen LogP contribution is -2.66. The SMILES string of the molecule is CC1Oc2cc(-c3cnc(C4C5CC[C@H]5N4C(=O)OC(C)(C)C)[nH]3)ccc2-c2cc3cc(Br)ccc3n21. The lowest BCUT2D eigenvalue weighted by molar-refractivity contribution is -0.121. The van der Waals surface area contributed by atoms with Gasteiger partial charge in [0.15, 0.2) is 6.23 Å². The Morgan fingerprint density at radius 1 is 1.16 bits per heavy atom. The van der Waals surface area contributed by atoms with Gasteiger partial charge in [0.1, 0.15) is 17.2 Å². The van der Waals surface area contributed by atoms with Crippen molar-refractivity contribution in [2.45, 2.75) is 64.4 Å². The van der Waals surface area contributed by atoms with Crippen LogP contribution >= 0.6 is 15.9 Å². The standard InChI is InChI=1S/C29H29BrN4O3/c1-15-33-22-9-6-18(30)11-17(22)12-24(33)19-7-5-16(13-25(19)36-15)21-14-31-27(32-21)26-20-8-10-23(20)34(26)28(35)37-29(2,3)4/h5-7,9,11-15,20,23,26H,8,10H2,1-4H3,(H,31,32)/t15?,20?,23-,26?/m1/s1. The molecular weight excluding hydrogens is 532 g/mol. The van der Waals surface area contributed by atoms with Crippen LogP contribution in [0, 0.1) is 5.92 Å². The van der Waals surface area contributed by atoms with Crippen molar-refractivity contribution in [2.24, 2.45) is 5.92 Å². The molecule has 2 aromatic carbocycles. The summed E-state index contributed by atoms with van der Waals surface area (Å²) < 4.78 is 15.4. The topological polar surface area (TPSA) is 72.4 Å². The molecule has 1 saturated heterocycles. The molecule has 0 radical (unpaired) electrons. The molecule has 3 aliphatic rings. The number of halogens is 1. The van der Waals surface area contributed by atoms with E-state index in [9.17, 15) is 4.79 Å². The normalized spacial score (nSPS) is 23.9. The van der Waals surface area contributed by atoms with Gasteiger partial charge in [-0.1, -0.05) is 22.0 Å². The van der Waals surface area contributed by atoms with Crippen molar-refractivity contribution in [1.82, 2.24) is 19.4 Å². The lowest BCUT2D eigenvalue weighted by Gasteiger charge is -2.60. The number of likely N-dealkylation sites (tertiary alicyclic amines) is 1. The van der Waals surface area contributed by atoms with E-state index in [1.54, 1.807) is 0 Å². The number of carbonyl (C=O) groups is 1. The number of rotatable bonds is 2. The Balaban J connectivity index is 1.20. The summed E-state index contributed by atoms with van der Waals surface area (Å²) in [6.07, 6.45) is 3.62. The maximum Gasteiger partial charge on any atom is 0.411 e. The highest BCUT2D eigenvalue weighted by molar-refractivity contribution is 9.10. The van der Waals surface area contributed by atoms with E-state index < -0.39 is 5.60 Å². The van der Waals surface area contributed by atoms with E-state index in [0.29, 0.717) is 5.92 Å². The van der Waals surface area contributed by atoms with Crippen molar-refractivity contribution in [2.75, 3.05) is 0 Å². The first-order valence-corrected chi connectivity index (χ1v) is 13.7. The minimum Gasteiger partial charge on any atom is -0.470 e. The number of H-pyrrole nitrogens is 1. The molecule has 7 nitrogen and oxygen atoms in total. The van der Waals surface area contributed by atoms with Gasteiger partial charge in [-0.05, 0) is 76.9 Å². The van der Waals surface area contributed by atoms with Crippen molar-refractivity contribution >= 4 is 32.9 Å². The first-order valence-electron chi connectivity index (χ1n) is 12.9.